The molecule has 1 aliphatic rings. The number of imide groups is 1. The number of rotatable bonds is 4. The molecular formula is C15H7K3N2O8. The van der Waals surface area contributed by atoms with Crippen LogP contribution in [0, 0.1) is 0 Å². The zero-order chi connectivity index (χ0) is 18.7. The Bertz CT molecular complexity index is 963. The van der Waals surface area contributed by atoms with E-state index in [1.165, 1.54) is 0 Å². The van der Waals surface area contributed by atoms with E-state index in [0.29, 0.717) is 12.1 Å². The minimum atomic E-state index is -1.77. The first-order valence-electron chi connectivity index (χ1n) is 6.53. The molecule has 0 atom stereocenters. The number of carboxylic acids is 2. The van der Waals surface area contributed by atoms with Gasteiger partial charge in [-0.15, -0.1) is 0 Å². The Labute approximate surface area is 285 Å². The number of aromatic amines is 1. The molecule has 13 heteroatoms. The molecular weight excluding hydrogens is 453 g/mol. The summed E-state index contributed by atoms with van der Waals surface area (Å²) in [5, 5.41) is 35.5. The Morgan fingerprint density at radius 1 is 1.00 bits per heavy atom. The number of H-pyrrole nitrogens is 1. The molecule has 0 aliphatic carbocycles. The van der Waals surface area contributed by atoms with Crippen molar-refractivity contribution in [3.05, 3.63) is 56.9 Å². The van der Waals surface area contributed by atoms with Crippen molar-refractivity contribution in [3.8, 4) is 5.88 Å². The molecule has 0 unspecified atom stereocenters. The van der Waals surface area contributed by atoms with Crippen molar-refractivity contribution in [1.82, 2.24) is 10.3 Å². The molecule has 0 bridgehead atoms. The fraction of sp³-hybridized carbons (Fsp3) is 0. The smallest absolute Gasteiger partial charge is 0.860 e. The van der Waals surface area contributed by atoms with E-state index in [0.717, 1.165) is 18.2 Å². The molecule has 2 heterocycles. The Hall–Kier alpha value is 0.959. The maximum Gasteiger partial charge on any atom is 1.00 e. The van der Waals surface area contributed by atoms with Crippen molar-refractivity contribution in [3.63, 3.8) is 0 Å². The Morgan fingerprint density at radius 2 is 1.61 bits per heavy atom. The van der Waals surface area contributed by atoms with Crippen molar-refractivity contribution in [2.45, 2.75) is 0 Å². The van der Waals surface area contributed by atoms with Crippen LogP contribution in [-0.2, 0) is 14.4 Å². The van der Waals surface area contributed by atoms with Gasteiger partial charge in [0.25, 0.3) is 11.8 Å². The van der Waals surface area contributed by atoms with Gasteiger partial charge in [-0.25, -0.2) is 0 Å². The van der Waals surface area contributed by atoms with Crippen LogP contribution in [0.5, 0.6) is 5.88 Å². The van der Waals surface area contributed by atoms with Gasteiger partial charge in [-0.2, -0.15) is 0 Å². The number of carbonyl (C=O) groups excluding carboxylic acids is 4. The Balaban J connectivity index is 0. The Morgan fingerprint density at radius 3 is 2.14 bits per heavy atom. The fourth-order valence-electron chi connectivity index (χ4n) is 2.00. The number of carbonyl (C=O) groups is 4. The third kappa shape index (κ3) is 8.24. The molecule has 0 saturated carbocycles. The van der Waals surface area contributed by atoms with Gasteiger partial charge in [0.1, 0.15) is 0 Å². The second-order valence-corrected chi connectivity index (χ2v) is 4.68. The third-order valence-corrected chi connectivity index (χ3v) is 3.06. The number of carboxylic acid groups (broad SMARTS) is 2. The summed E-state index contributed by atoms with van der Waals surface area (Å²) in [6, 6.07) is 0.641. The van der Waals surface area contributed by atoms with E-state index in [2.05, 4.69) is 0 Å². The van der Waals surface area contributed by atoms with E-state index in [1.54, 1.807) is 0 Å². The van der Waals surface area contributed by atoms with Gasteiger partial charge < -0.3 is 29.9 Å². The summed E-state index contributed by atoms with van der Waals surface area (Å²) in [6.45, 7) is 0. The summed E-state index contributed by atoms with van der Waals surface area (Å²) in [5.74, 6) is -6.51. The number of hydrogen-bond donors (Lipinski definition) is 2. The molecule has 0 fully saturated rings. The first kappa shape index (κ1) is 31.1. The van der Waals surface area contributed by atoms with E-state index >= 15 is 0 Å². The molecule has 128 valence electrons. The predicted octanol–water partition coefficient (Wildman–Crippen LogP) is -12.9. The first-order valence-corrected chi connectivity index (χ1v) is 6.53. The zero-order valence-electron chi connectivity index (χ0n) is 15.2. The minimum Gasteiger partial charge on any atom is -0.860 e. The van der Waals surface area contributed by atoms with E-state index in [1.807, 2.05) is 10.3 Å². The molecule has 0 saturated heterocycles. The van der Waals surface area contributed by atoms with Gasteiger partial charge in [0, 0.05) is 28.9 Å². The number of aromatic carboxylic acids is 1. The van der Waals surface area contributed by atoms with Gasteiger partial charge in [0.2, 0.25) is 5.56 Å². The molecule has 0 aromatic carbocycles. The average Bonchev–Trinajstić information content (AvgIpc) is 2.49. The molecule has 2 amide bonds. The van der Waals surface area contributed by atoms with Crippen LogP contribution in [0.15, 0.2) is 40.2 Å². The van der Waals surface area contributed by atoms with Crippen LogP contribution in [0.2, 0.25) is 0 Å². The number of amides is 2. The van der Waals surface area contributed by atoms with Crippen molar-refractivity contribution < 1.29 is 189 Å². The van der Waals surface area contributed by atoms with Crippen LogP contribution in [0.1, 0.15) is 15.9 Å². The summed E-state index contributed by atoms with van der Waals surface area (Å²) in [5.41, 5.74) is -3.18. The molecule has 10 nitrogen and oxygen atoms in total. The van der Waals surface area contributed by atoms with E-state index in [-0.39, 0.29) is 154 Å². The zero-order valence-corrected chi connectivity index (χ0v) is 24.5. The van der Waals surface area contributed by atoms with Gasteiger partial charge in [0.05, 0.1) is 11.9 Å². The second kappa shape index (κ2) is 14.1. The standard InChI is InChI=1S/C15H10N2O8.3K/c18-10-4-8(14(22)23)6(12(20)16-10)2-1-3-7-9(15(24)25)5-11(19)17-13(7)21;;;/h1-5H,(H,22,23)(H,24,25)(H,16,18,20)(H2,17,19,21);;;/q;3*+1/p-3/b3-1?,6-2-;;;. The molecule has 2 rings (SSSR count). The largest absolute Gasteiger partial charge is 1.00 e. The van der Waals surface area contributed by atoms with Crippen molar-refractivity contribution >= 4 is 29.8 Å². The van der Waals surface area contributed by atoms with E-state index in [9.17, 15) is 39.3 Å². The van der Waals surface area contributed by atoms with Crippen LogP contribution >= 0.6 is 0 Å². The van der Waals surface area contributed by atoms with E-state index < -0.39 is 57.5 Å². The average molecular weight is 461 g/mol. The van der Waals surface area contributed by atoms with Crippen molar-refractivity contribution in [2.24, 2.45) is 0 Å². The number of nitrogens with one attached hydrogen (secondary N) is 2. The third-order valence-electron chi connectivity index (χ3n) is 3.06. The van der Waals surface area contributed by atoms with Crippen LogP contribution in [0.25, 0.3) is 6.08 Å². The number of aromatic nitrogens is 1. The number of allylic oxidation sites excluding steroid dienone is 2. The van der Waals surface area contributed by atoms with Crippen LogP contribution in [0.3, 0.4) is 0 Å². The van der Waals surface area contributed by atoms with Crippen LogP contribution < -0.4 is 180 Å². The van der Waals surface area contributed by atoms with Gasteiger partial charge in [-0.05, 0) is 17.5 Å². The topological polar surface area (TPSA) is 182 Å². The van der Waals surface area contributed by atoms with Gasteiger partial charge in [-0.3, -0.25) is 19.7 Å². The number of aliphatic carboxylic acids is 1. The molecule has 0 spiro atoms. The molecule has 1 aliphatic heterocycles. The number of pyridine rings is 1. The summed E-state index contributed by atoms with van der Waals surface area (Å²) < 4.78 is 0. The predicted molar refractivity (Wildman–Crippen MR) is 74.2 cm³/mol. The van der Waals surface area contributed by atoms with E-state index in [4.69, 9.17) is 0 Å². The minimum absolute atomic E-state index is 0. The normalized spacial score (nSPS) is 14.3. The quantitative estimate of drug-likeness (QED) is 0.252. The number of hydrogen-bond acceptors (Lipinski definition) is 8. The molecule has 1 aromatic heterocycles. The fourth-order valence-corrected chi connectivity index (χ4v) is 2.00. The summed E-state index contributed by atoms with van der Waals surface area (Å²) >= 11 is 0. The van der Waals surface area contributed by atoms with Gasteiger partial charge >= 0.3 is 154 Å². The summed E-state index contributed by atoms with van der Waals surface area (Å²) in [6.07, 6.45) is 3.52. The van der Waals surface area contributed by atoms with Crippen molar-refractivity contribution in [2.75, 3.05) is 0 Å². The molecule has 0 radical (unpaired) electrons. The van der Waals surface area contributed by atoms with Crippen molar-refractivity contribution in [1.29, 1.82) is 0 Å². The SMILES string of the molecule is O=C1C=C(C(=O)[O-])/C(=C/C=Cc2c(C(=O)[O-])cc(=O)[nH]c2[O-])C(=O)N1.[K+].[K+].[K+]. The molecule has 2 N–H and O–H groups in total. The maximum absolute atomic E-state index is 11.7. The first-order chi connectivity index (χ1) is 11.7. The summed E-state index contributed by atoms with van der Waals surface area (Å²) in [7, 11) is 0. The van der Waals surface area contributed by atoms with Crippen LogP contribution in [0.4, 0.5) is 0 Å². The maximum atomic E-state index is 11.7. The molecule has 1 aromatic rings. The van der Waals surface area contributed by atoms with Gasteiger partial charge in [-0.1, -0.05) is 12.2 Å². The van der Waals surface area contributed by atoms with Gasteiger partial charge in [0.15, 0.2) is 0 Å². The molecule has 28 heavy (non-hydrogen) atoms. The Kier molecular flexibility index (Phi) is 15.7. The second-order valence-electron chi connectivity index (χ2n) is 4.68. The monoisotopic (exact) mass is 460 g/mol. The summed E-state index contributed by atoms with van der Waals surface area (Å²) in [4.78, 5) is 57.7. The van der Waals surface area contributed by atoms with Crippen LogP contribution in [-0.4, -0.2) is 28.7 Å².